The van der Waals surface area contributed by atoms with E-state index in [1.165, 1.54) is 11.1 Å². The fourth-order valence-corrected chi connectivity index (χ4v) is 1.96. The van der Waals surface area contributed by atoms with Gasteiger partial charge >= 0.3 is 0 Å². The molecule has 0 saturated heterocycles. The normalized spacial score (nSPS) is 14.0. The molecule has 0 aliphatic heterocycles. The first-order chi connectivity index (χ1) is 8.54. The molecule has 3 nitrogen and oxygen atoms in total. The molecule has 1 aromatic rings. The number of benzene rings is 1. The van der Waals surface area contributed by atoms with Crippen LogP contribution in [0.2, 0.25) is 0 Å². The van der Waals surface area contributed by atoms with Gasteiger partial charge in [-0.25, -0.2) is 0 Å². The first-order valence-corrected chi connectivity index (χ1v) is 6.59. The SMILES string of the molecule is Cc1ccccc1[C@@H](C)NC(=O)CCC(C)CN. The van der Waals surface area contributed by atoms with Gasteiger partial charge in [0.2, 0.25) is 5.91 Å². The zero-order chi connectivity index (χ0) is 13.5. The van der Waals surface area contributed by atoms with E-state index in [9.17, 15) is 4.79 Å². The lowest BCUT2D eigenvalue weighted by Crippen LogP contribution is -2.27. The molecule has 1 amide bonds. The molecule has 0 aliphatic rings. The number of nitrogens with one attached hydrogen (secondary N) is 1. The summed E-state index contributed by atoms with van der Waals surface area (Å²) < 4.78 is 0. The van der Waals surface area contributed by atoms with E-state index in [-0.39, 0.29) is 11.9 Å². The average molecular weight is 248 g/mol. The monoisotopic (exact) mass is 248 g/mol. The Labute approximate surface area is 110 Å². The number of hydrogen-bond donors (Lipinski definition) is 2. The molecule has 0 spiro atoms. The first kappa shape index (κ1) is 14.7. The maximum atomic E-state index is 11.8. The molecular formula is C15H24N2O. The predicted octanol–water partition coefficient (Wildman–Crippen LogP) is 2.55. The maximum absolute atomic E-state index is 11.8. The molecule has 0 radical (unpaired) electrons. The van der Waals surface area contributed by atoms with E-state index in [4.69, 9.17) is 5.73 Å². The molecule has 1 unspecified atom stereocenters. The lowest BCUT2D eigenvalue weighted by Gasteiger charge is -2.17. The van der Waals surface area contributed by atoms with Crippen molar-refractivity contribution in [1.82, 2.24) is 5.32 Å². The highest BCUT2D eigenvalue weighted by molar-refractivity contribution is 5.76. The summed E-state index contributed by atoms with van der Waals surface area (Å²) >= 11 is 0. The van der Waals surface area contributed by atoms with Crippen LogP contribution in [0.4, 0.5) is 0 Å². The van der Waals surface area contributed by atoms with E-state index < -0.39 is 0 Å². The van der Waals surface area contributed by atoms with E-state index in [0.29, 0.717) is 18.9 Å². The van der Waals surface area contributed by atoms with E-state index in [2.05, 4.69) is 31.3 Å². The van der Waals surface area contributed by atoms with Gasteiger partial charge in [-0.2, -0.15) is 0 Å². The molecule has 100 valence electrons. The van der Waals surface area contributed by atoms with Gasteiger partial charge in [0, 0.05) is 6.42 Å². The average Bonchev–Trinajstić information content (AvgIpc) is 2.36. The molecule has 0 aromatic heterocycles. The smallest absolute Gasteiger partial charge is 0.220 e. The number of carbonyl (C=O) groups excluding carboxylic acids is 1. The summed E-state index contributed by atoms with van der Waals surface area (Å²) in [6.07, 6.45) is 1.40. The largest absolute Gasteiger partial charge is 0.350 e. The lowest BCUT2D eigenvalue weighted by atomic mass is 10.0. The summed E-state index contributed by atoms with van der Waals surface area (Å²) in [4.78, 5) is 11.8. The third kappa shape index (κ3) is 4.49. The number of nitrogens with two attached hydrogens (primary N) is 1. The van der Waals surface area contributed by atoms with Crippen LogP contribution in [-0.4, -0.2) is 12.5 Å². The zero-order valence-corrected chi connectivity index (χ0v) is 11.6. The summed E-state index contributed by atoms with van der Waals surface area (Å²) in [6, 6.07) is 8.20. The lowest BCUT2D eigenvalue weighted by molar-refractivity contribution is -0.122. The second-order valence-corrected chi connectivity index (χ2v) is 5.03. The van der Waals surface area contributed by atoms with Crippen molar-refractivity contribution in [1.29, 1.82) is 0 Å². The maximum Gasteiger partial charge on any atom is 0.220 e. The van der Waals surface area contributed by atoms with Crippen LogP contribution >= 0.6 is 0 Å². The summed E-state index contributed by atoms with van der Waals surface area (Å²) in [7, 11) is 0. The Morgan fingerprint density at radius 1 is 1.33 bits per heavy atom. The van der Waals surface area contributed by atoms with E-state index >= 15 is 0 Å². The fraction of sp³-hybridized carbons (Fsp3) is 0.533. The molecule has 1 aromatic carbocycles. The van der Waals surface area contributed by atoms with Crippen molar-refractivity contribution in [2.75, 3.05) is 6.54 Å². The van der Waals surface area contributed by atoms with Crippen molar-refractivity contribution in [2.24, 2.45) is 11.7 Å². The third-order valence-corrected chi connectivity index (χ3v) is 3.30. The summed E-state index contributed by atoms with van der Waals surface area (Å²) in [5.74, 6) is 0.510. The van der Waals surface area contributed by atoms with Gasteiger partial charge in [0.1, 0.15) is 0 Å². The summed E-state index contributed by atoms with van der Waals surface area (Å²) in [6.45, 7) is 6.79. The van der Waals surface area contributed by atoms with Crippen molar-refractivity contribution in [3.63, 3.8) is 0 Å². The minimum absolute atomic E-state index is 0.0619. The molecule has 0 aliphatic carbocycles. The van der Waals surface area contributed by atoms with Crippen molar-refractivity contribution in [3.05, 3.63) is 35.4 Å². The van der Waals surface area contributed by atoms with Crippen molar-refractivity contribution >= 4 is 5.91 Å². The molecule has 1 rings (SSSR count). The Hall–Kier alpha value is -1.35. The molecule has 18 heavy (non-hydrogen) atoms. The van der Waals surface area contributed by atoms with Gasteiger partial charge in [-0.05, 0) is 43.9 Å². The standard InChI is InChI=1S/C15H24N2O/c1-11(10-16)8-9-15(18)17-13(3)14-7-5-4-6-12(14)2/h4-7,11,13H,8-10,16H2,1-3H3,(H,17,18)/t11?,13-/m1/s1. The molecule has 0 fully saturated rings. The molecule has 2 atom stereocenters. The fourth-order valence-electron chi connectivity index (χ4n) is 1.96. The third-order valence-electron chi connectivity index (χ3n) is 3.30. The minimum Gasteiger partial charge on any atom is -0.350 e. The van der Waals surface area contributed by atoms with Crippen LogP contribution in [0, 0.1) is 12.8 Å². The molecule has 3 N–H and O–H groups in total. The Morgan fingerprint density at radius 3 is 2.61 bits per heavy atom. The highest BCUT2D eigenvalue weighted by Crippen LogP contribution is 2.17. The summed E-state index contributed by atoms with van der Waals surface area (Å²) in [5, 5.41) is 3.04. The number of rotatable bonds is 6. The highest BCUT2D eigenvalue weighted by Gasteiger charge is 2.11. The van der Waals surface area contributed by atoms with Gasteiger partial charge in [0.15, 0.2) is 0 Å². The quantitative estimate of drug-likeness (QED) is 0.813. The van der Waals surface area contributed by atoms with Crippen LogP contribution in [0.25, 0.3) is 0 Å². The van der Waals surface area contributed by atoms with Crippen LogP contribution < -0.4 is 11.1 Å². The number of hydrogen-bond acceptors (Lipinski definition) is 2. The van der Waals surface area contributed by atoms with Gasteiger partial charge < -0.3 is 11.1 Å². The number of amides is 1. The Balaban J connectivity index is 2.47. The van der Waals surface area contributed by atoms with Crippen molar-refractivity contribution in [2.45, 2.75) is 39.7 Å². The zero-order valence-electron chi connectivity index (χ0n) is 11.6. The van der Waals surface area contributed by atoms with Gasteiger partial charge in [-0.1, -0.05) is 31.2 Å². The van der Waals surface area contributed by atoms with Gasteiger partial charge in [-0.3, -0.25) is 4.79 Å². The molecule has 0 saturated carbocycles. The van der Waals surface area contributed by atoms with E-state index in [0.717, 1.165) is 6.42 Å². The summed E-state index contributed by atoms with van der Waals surface area (Å²) in [5.41, 5.74) is 7.93. The highest BCUT2D eigenvalue weighted by atomic mass is 16.1. The minimum atomic E-state index is 0.0619. The number of carbonyl (C=O) groups is 1. The van der Waals surface area contributed by atoms with Crippen LogP contribution in [0.3, 0.4) is 0 Å². The van der Waals surface area contributed by atoms with Crippen LogP contribution in [0.1, 0.15) is 43.9 Å². The van der Waals surface area contributed by atoms with Gasteiger partial charge in [0.05, 0.1) is 6.04 Å². The topological polar surface area (TPSA) is 55.1 Å². The first-order valence-electron chi connectivity index (χ1n) is 6.59. The second kappa shape index (κ2) is 7.17. The molecule has 0 heterocycles. The second-order valence-electron chi connectivity index (χ2n) is 5.03. The van der Waals surface area contributed by atoms with Crippen molar-refractivity contribution in [3.8, 4) is 0 Å². The van der Waals surface area contributed by atoms with Gasteiger partial charge in [-0.15, -0.1) is 0 Å². The van der Waals surface area contributed by atoms with Crippen LogP contribution in [0.15, 0.2) is 24.3 Å². The number of aryl methyl sites for hydroxylation is 1. The molecule has 0 bridgehead atoms. The van der Waals surface area contributed by atoms with Crippen LogP contribution in [0.5, 0.6) is 0 Å². The molecule has 3 heteroatoms. The Bertz CT molecular complexity index is 390. The van der Waals surface area contributed by atoms with E-state index in [1.807, 2.05) is 19.1 Å². The van der Waals surface area contributed by atoms with Gasteiger partial charge in [0.25, 0.3) is 0 Å². The predicted molar refractivity (Wildman–Crippen MR) is 75.2 cm³/mol. The van der Waals surface area contributed by atoms with Crippen molar-refractivity contribution < 1.29 is 4.79 Å². The Kier molecular flexibility index (Phi) is 5.86. The van der Waals surface area contributed by atoms with E-state index in [1.54, 1.807) is 0 Å². The Morgan fingerprint density at radius 2 is 2.00 bits per heavy atom. The molecular weight excluding hydrogens is 224 g/mol. The van der Waals surface area contributed by atoms with Crippen LogP contribution in [-0.2, 0) is 4.79 Å².